The molecule has 6 nitrogen and oxygen atoms in total. The molecular weight excluding hydrogens is 284 g/mol. The number of hydrogen-bond donors (Lipinski definition) is 4. The fourth-order valence-electron chi connectivity index (χ4n) is 2.14. The van der Waals surface area contributed by atoms with Gasteiger partial charge in [-0.25, -0.2) is 4.79 Å². The van der Waals surface area contributed by atoms with Gasteiger partial charge in [-0.15, -0.1) is 0 Å². The van der Waals surface area contributed by atoms with Gasteiger partial charge in [-0.2, -0.15) is 0 Å². The summed E-state index contributed by atoms with van der Waals surface area (Å²) in [6.07, 6.45) is -0.826. The van der Waals surface area contributed by atoms with Crippen LogP contribution in [0, 0.1) is 5.92 Å². The van der Waals surface area contributed by atoms with E-state index in [1.54, 1.807) is 0 Å². The molecule has 0 bridgehead atoms. The molecule has 3 atom stereocenters. The zero-order valence-corrected chi connectivity index (χ0v) is 12.9. The van der Waals surface area contributed by atoms with Crippen LogP contribution >= 0.6 is 0 Å². The van der Waals surface area contributed by atoms with Gasteiger partial charge in [0.15, 0.2) is 0 Å². The summed E-state index contributed by atoms with van der Waals surface area (Å²) in [4.78, 5) is 23.1. The third-order valence-electron chi connectivity index (χ3n) is 3.31. The number of carboxylic acids is 1. The van der Waals surface area contributed by atoms with Gasteiger partial charge in [0, 0.05) is 6.04 Å². The topological polar surface area (TPSA) is 113 Å². The summed E-state index contributed by atoms with van der Waals surface area (Å²) in [5.41, 5.74) is 6.75. The van der Waals surface area contributed by atoms with Gasteiger partial charge in [-0.1, -0.05) is 44.2 Å². The summed E-state index contributed by atoms with van der Waals surface area (Å²) < 4.78 is 0. The highest BCUT2D eigenvalue weighted by Gasteiger charge is 2.28. The van der Waals surface area contributed by atoms with Gasteiger partial charge in [0.05, 0.1) is 0 Å². The highest BCUT2D eigenvalue weighted by molar-refractivity contribution is 5.86. The van der Waals surface area contributed by atoms with E-state index >= 15 is 0 Å². The number of aliphatic carboxylic acids is 1. The van der Waals surface area contributed by atoms with Crippen LogP contribution in [0.25, 0.3) is 0 Å². The quantitative estimate of drug-likeness (QED) is 0.559. The van der Waals surface area contributed by atoms with Gasteiger partial charge in [0.1, 0.15) is 12.1 Å². The van der Waals surface area contributed by atoms with E-state index in [1.165, 1.54) is 0 Å². The molecule has 1 unspecified atom stereocenters. The zero-order chi connectivity index (χ0) is 16.7. The lowest BCUT2D eigenvalue weighted by atomic mass is 10.00. The van der Waals surface area contributed by atoms with Crippen LogP contribution < -0.4 is 11.1 Å². The molecule has 0 saturated carbocycles. The summed E-state index contributed by atoms with van der Waals surface area (Å²) in [5.74, 6) is -1.76. The van der Waals surface area contributed by atoms with Crippen LogP contribution in [-0.2, 0) is 16.0 Å². The molecule has 0 heterocycles. The van der Waals surface area contributed by atoms with Crippen LogP contribution in [0.1, 0.15) is 25.8 Å². The highest BCUT2D eigenvalue weighted by atomic mass is 16.4. The smallest absolute Gasteiger partial charge is 0.326 e. The summed E-state index contributed by atoms with van der Waals surface area (Å²) in [6, 6.07) is 7.44. The molecule has 6 heteroatoms. The molecule has 122 valence electrons. The lowest BCUT2D eigenvalue weighted by molar-refractivity contribution is -0.144. The first-order valence-corrected chi connectivity index (χ1v) is 7.32. The van der Waals surface area contributed by atoms with Crippen LogP contribution in [0.4, 0.5) is 0 Å². The average Bonchev–Trinajstić information content (AvgIpc) is 2.46. The zero-order valence-electron chi connectivity index (χ0n) is 12.9. The number of aliphatic hydroxyl groups excluding tert-OH is 1. The maximum absolute atomic E-state index is 12.0. The van der Waals surface area contributed by atoms with Crippen LogP contribution in [0.3, 0.4) is 0 Å². The van der Waals surface area contributed by atoms with Crippen molar-refractivity contribution in [2.24, 2.45) is 11.7 Å². The second-order valence-electron chi connectivity index (χ2n) is 5.83. The lowest BCUT2D eigenvalue weighted by Gasteiger charge is -2.22. The molecule has 22 heavy (non-hydrogen) atoms. The minimum absolute atomic E-state index is 0.108. The Kier molecular flexibility index (Phi) is 7.01. The maximum atomic E-state index is 12.0. The molecule has 1 aromatic rings. The van der Waals surface area contributed by atoms with Crippen molar-refractivity contribution < 1.29 is 19.8 Å². The molecular formula is C16H24N2O4. The molecule has 0 aliphatic rings. The standard InChI is InChI=1S/C16H24N2O4/c1-10(2)8-13(16(21)22)18-15(20)14(19)12(17)9-11-6-4-3-5-7-11/h3-7,10,12-14,19H,8-9,17H2,1-2H3,(H,18,20)(H,21,22)/t12?,13-,14-/m0/s1. The van der Waals surface area contributed by atoms with Gasteiger partial charge in [0.25, 0.3) is 5.91 Å². The lowest BCUT2D eigenvalue weighted by Crippen LogP contribution is -2.52. The first-order valence-electron chi connectivity index (χ1n) is 7.32. The molecule has 0 spiro atoms. The number of nitrogens with one attached hydrogen (secondary N) is 1. The monoisotopic (exact) mass is 308 g/mol. The predicted octanol–water partition coefficient (Wildman–Crippen LogP) is 0.533. The fraction of sp³-hybridized carbons (Fsp3) is 0.500. The summed E-state index contributed by atoms with van der Waals surface area (Å²) in [6.45, 7) is 3.72. The number of hydrogen-bond acceptors (Lipinski definition) is 4. The SMILES string of the molecule is CC(C)C[C@H](NC(=O)[C@@H](O)C(N)Cc1ccccc1)C(=O)O. The van der Waals surface area contributed by atoms with E-state index in [0.717, 1.165) is 5.56 Å². The number of carbonyl (C=O) groups excluding carboxylic acids is 1. The molecule has 0 saturated heterocycles. The number of nitrogens with two attached hydrogens (primary N) is 1. The predicted molar refractivity (Wildman–Crippen MR) is 83.1 cm³/mol. The molecule has 0 aromatic heterocycles. The van der Waals surface area contributed by atoms with E-state index in [0.29, 0.717) is 12.8 Å². The van der Waals surface area contributed by atoms with Gasteiger partial charge < -0.3 is 21.3 Å². The molecule has 0 fully saturated rings. The Hall–Kier alpha value is -1.92. The van der Waals surface area contributed by atoms with Crippen LogP contribution in [0.5, 0.6) is 0 Å². The summed E-state index contributed by atoms with van der Waals surface area (Å²) in [5, 5.41) is 21.4. The van der Waals surface area contributed by atoms with E-state index in [-0.39, 0.29) is 5.92 Å². The number of amides is 1. The van der Waals surface area contributed by atoms with E-state index in [4.69, 9.17) is 10.8 Å². The first-order chi connectivity index (χ1) is 10.3. The van der Waals surface area contributed by atoms with Crippen LogP contribution in [-0.4, -0.2) is 40.3 Å². The molecule has 0 aliphatic heterocycles. The average molecular weight is 308 g/mol. The third kappa shape index (κ3) is 5.83. The number of carboxylic acid groups (broad SMARTS) is 1. The van der Waals surface area contributed by atoms with E-state index in [1.807, 2.05) is 44.2 Å². The summed E-state index contributed by atoms with van der Waals surface area (Å²) >= 11 is 0. The number of rotatable bonds is 8. The Morgan fingerprint density at radius 3 is 2.32 bits per heavy atom. The third-order valence-corrected chi connectivity index (χ3v) is 3.31. The Morgan fingerprint density at radius 1 is 1.23 bits per heavy atom. The van der Waals surface area contributed by atoms with Crippen molar-refractivity contribution in [1.82, 2.24) is 5.32 Å². The van der Waals surface area contributed by atoms with Crippen molar-refractivity contribution in [1.29, 1.82) is 0 Å². The molecule has 1 rings (SSSR count). The van der Waals surface area contributed by atoms with E-state index in [2.05, 4.69) is 5.32 Å². The number of aliphatic hydroxyl groups is 1. The van der Waals surface area contributed by atoms with Crippen molar-refractivity contribution in [3.8, 4) is 0 Å². The van der Waals surface area contributed by atoms with Crippen LogP contribution in [0.15, 0.2) is 30.3 Å². The molecule has 0 radical (unpaired) electrons. The van der Waals surface area contributed by atoms with Crippen LogP contribution in [0.2, 0.25) is 0 Å². The Bertz CT molecular complexity index is 490. The minimum Gasteiger partial charge on any atom is -0.480 e. The normalized spacial score (nSPS) is 15.1. The Morgan fingerprint density at radius 2 is 1.82 bits per heavy atom. The largest absolute Gasteiger partial charge is 0.480 e. The van der Waals surface area contributed by atoms with E-state index in [9.17, 15) is 14.7 Å². The Balaban J connectivity index is 2.61. The number of benzene rings is 1. The fourth-order valence-corrected chi connectivity index (χ4v) is 2.14. The highest BCUT2D eigenvalue weighted by Crippen LogP contribution is 2.08. The second kappa shape index (κ2) is 8.51. The molecule has 1 aromatic carbocycles. The maximum Gasteiger partial charge on any atom is 0.326 e. The molecule has 5 N–H and O–H groups in total. The minimum atomic E-state index is -1.45. The van der Waals surface area contributed by atoms with Crippen molar-refractivity contribution in [2.75, 3.05) is 0 Å². The first kappa shape index (κ1) is 18.1. The summed E-state index contributed by atoms with van der Waals surface area (Å²) in [7, 11) is 0. The molecule has 1 amide bonds. The van der Waals surface area contributed by atoms with Crippen molar-refractivity contribution >= 4 is 11.9 Å². The van der Waals surface area contributed by atoms with Crippen molar-refractivity contribution in [3.05, 3.63) is 35.9 Å². The van der Waals surface area contributed by atoms with Gasteiger partial charge in [-0.3, -0.25) is 4.79 Å². The van der Waals surface area contributed by atoms with Crippen molar-refractivity contribution in [2.45, 2.75) is 44.9 Å². The van der Waals surface area contributed by atoms with E-state index < -0.39 is 30.1 Å². The second-order valence-corrected chi connectivity index (χ2v) is 5.83. The van der Waals surface area contributed by atoms with Gasteiger partial charge in [0.2, 0.25) is 0 Å². The number of carbonyl (C=O) groups is 2. The van der Waals surface area contributed by atoms with Crippen molar-refractivity contribution in [3.63, 3.8) is 0 Å². The van der Waals surface area contributed by atoms with Gasteiger partial charge in [-0.05, 0) is 24.3 Å². The van der Waals surface area contributed by atoms with Gasteiger partial charge >= 0.3 is 5.97 Å². The Labute approximate surface area is 130 Å². The molecule has 0 aliphatic carbocycles.